The zero-order valence-corrected chi connectivity index (χ0v) is 41.2. The van der Waals surface area contributed by atoms with Crippen LogP contribution in [0.2, 0.25) is 0 Å². The van der Waals surface area contributed by atoms with Crippen LogP contribution in [0.25, 0.3) is 11.3 Å². The van der Waals surface area contributed by atoms with Crippen molar-refractivity contribution < 1.29 is 52.4 Å². The SMILES string of the molecule is CC[C@H]1OC(=O)[C@H](C)C(=O)[C@H](C)[C@@H](O[C@@H]2O[C@H](C)C[C@H](N(C)C(C)C)[C@H]2OC(=O)c2ccccc2)[C@](C)(OC)C[C@@H](C)C(=O)[C@H](C)[C@@H]2N(CCCn3cnc(-c4cccnc4)c3)C(=O)O[C@@]21C. The highest BCUT2D eigenvalue weighted by atomic mass is 16.7. The second-order valence-corrected chi connectivity index (χ2v) is 19.5. The van der Waals surface area contributed by atoms with Gasteiger partial charge in [0, 0.05) is 68.1 Å². The summed E-state index contributed by atoms with van der Waals surface area (Å²) in [6.45, 7) is 18.8. The molecule has 13 atom stereocenters. The average Bonchev–Trinajstić information content (AvgIpc) is 3.90. The summed E-state index contributed by atoms with van der Waals surface area (Å²) in [7, 11) is 3.45. The fraction of sp³-hybridized carbons (Fsp3) is 0.627. The van der Waals surface area contributed by atoms with Gasteiger partial charge in [0.1, 0.15) is 17.8 Å². The predicted molar refractivity (Wildman–Crippen MR) is 248 cm³/mol. The number of hydrogen-bond acceptors (Lipinski definition) is 14. The largest absolute Gasteiger partial charge is 0.458 e. The van der Waals surface area contributed by atoms with Crippen LogP contribution in [0.4, 0.5) is 4.79 Å². The Balaban J connectivity index is 1.34. The maximum Gasteiger partial charge on any atom is 0.410 e. The Labute approximate surface area is 395 Å². The van der Waals surface area contributed by atoms with E-state index in [1.54, 1.807) is 82.5 Å². The summed E-state index contributed by atoms with van der Waals surface area (Å²) < 4.78 is 40.5. The van der Waals surface area contributed by atoms with E-state index in [1.165, 1.54) is 14.0 Å². The summed E-state index contributed by atoms with van der Waals surface area (Å²) >= 11 is 0. The molecule has 67 heavy (non-hydrogen) atoms. The molecule has 1 aromatic carbocycles. The molecule has 0 saturated carbocycles. The number of ketones is 2. The average molecular weight is 930 g/mol. The molecule has 16 nitrogen and oxygen atoms in total. The van der Waals surface area contributed by atoms with Crippen molar-refractivity contribution >= 4 is 29.6 Å². The van der Waals surface area contributed by atoms with Crippen LogP contribution in [-0.2, 0) is 49.3 Å². The maximum atomic E-state index is 15.0. The first kappa shape index (κ1) is 51.4. The molecule has 0 spiro atoms. The minimum Gasteiger partial charge on any atom is -0.458 e. The number of cyclic esters (lactones) is 1. The number of methoxy groups -OCH3 is 1. The molecule has 366 valence electrons. The van der Waals surface area contributed by atoms with Gasteiger partial charge in [0.05, 0.1) is 47.5 Å². The number of esters is 2. The Kier molecular flexibility index (Phi) is 16.5. The molecule has 3 fully saturated rings. The van der Waals surface area contributed by atoms with Crippen molar-refractivity contribution in [2.75, 3.05) is 20.7 Å². The Morgan fingerprint density at radius 2 is 1.69 bits per heavy atom. The van der Waals surface area contributed by atoms with Crippen molar-refractivity contribution in [3.63, 3.8) is 0 Å². The van der Waals surface area contributed by atoms with E-state index in [0.29, 0.717) is 24.9 Å². The lowest BCUT2D eigenvalue weighted by atomic mass is 9.73. The number of benzene rings is 1. The van der Waals surface area contributed by atoms with Crippen LogP contribution in [0.15, 0.2) is 67.4 Å². The lowest BCUT2D eigenvalue weighted by Crippen LogP contribution is -2.61. The van der Waals surface area contributed by atoms with Crippen LogP contribution >= 0.6 is 0 Å². The molecule has 16 heteroatoms. The summed E-state index contributed by atoms with van der Waals surface area (Å²) in [6.07, 6.45) is 3.17. The van der Waals surface area contributed by atoms with E-state index in [2.05, 4.69) is 14.9 Å². The number of hydrogen-bond donors (Lipinski definition) is 0. The molecule has 3 aromatic rings. The zero-order chi connectivity index (χ0) is 49.0. The van der Waals surface area contributed by atoms with E-state index in [9.17, 15) is 19.2 Å². The first-order valence-corrected chi connectivity index (χ1v) is 23.8. The molecule has 0 radical (unpaired) electrons. The molecular formula is C51H71N5O11. The monoisotopic (exact) mass is 930 g/mol. The van der Waals surface area contributed by atoms with E-state index in [-0.39, 0.29) is 43.4 Å². The highest BCUT2D eigenvalue weighted by Gasteiger charge is 2.60. The molecule has 0 bridgehead atoms. The van der Waals surface area contributed by atoms with Gasteiger partial charge in [-0.15, -0.1) is 0 Å². The van der Waals surface area contributed by atoms with Crippen LogP contribution in [0.5, 0.6) is 0 Å². The molecule has 3 aliphatic rings. The molecule has 2 aromatic heterocycles. The third-order valence-corrected chi connectivity index (χ3v) is 14.5. The molecule has 1 amide bonds. The normalized spacial score (nSPS) is 33.3. The number of imidazole rings is 1. The van der Waals surface area contributed by atoms with E-state index in [1.807, 2.05) is 63.7 Å². The van der Waals surface area contributed by atoms with Gasteiger partial charge >= 0.3 is 18.0 Å². The van der Waals surface area contributed by atoms with Gasteiger partial charge in [0.2, 0.25) is 0 Å². The number of carbonyl (C=O) groups is 5. The molecule has 3 saturated heterocycles. The zero-order valence-electron chi connectivity index (χ0n) is 41.2. The van der Waals surface area contributed by atoms with Gasteiger partial charge in [-0.1, -0.05) is 45.9 Å². The van der Waals surface area contributed by atoms with Gasteiger partial charge in [-0.3, -0.25) is 24.3 Å². The highest BCUT2D eigenvalue weighted by Crippen LogP contribution is 2.43. The highest BCUT2D eigenvalue weighted by molar-refractivity contribution is 6.00. The molecule has 0 aliphatic carbocycles. The minimum atomic E-state index is -1.45. The number of rotatable bonds is 13. The Morgan fingerprint density at radius 1 is 0.970 bits per heavy atom. The quantitative estimate of drug-likeness (QED) is 0.0956. The second-order valence-electron chi connectivity index (χ2n) is 19.5. The molecule has 0 N–H and O–H groups in total. The van der Waals surface area contributed by atoms with Crippen molar-refractivity contribution in [3.05, 3.63) is 72.9 Å². The smallest absolute Gasteiger partial charge is 0.410 e. The van der Waals surface area contributed by atoms with E-state index >= 15 is 4.79 Å². The van der Waals surface area contributed by atoms with Gasteiger partial charge in [-0.05, 0) is 98.5 Å². The lowest BCUT2D eigenvalue weighted by Gasteiger charge is -2.48. The summed E-state index contributed by atoms with van der Waals surface area (Å²) in [5, 5.41) is 0. The number of nitrogens with zero attached hydrogens (tertiary/aromatic N) is 5. The number of carbonyl (C=O) groups excluding carboxylic acids is 5. The number of Topliss-reactive ketones (excluding diaryl/α,β-unsaturated/α-hetero) is 2. The summed E-state index contributed by atoms with van der Waals surface area (Å²) in [4.78, 5) is 84.2. The fourth-order valence-corrected chi connectivity index (χ4v) is 10.4. The topological polar surface area (TPSA) is 178 Å². The number of aryl methyl sites for hydroxylation is 1. The van der Waals surface area contributed by atoms with E-state index in [0.717, 1.165) is 11.3 Å². The van der Waals surface area contributed by atoms with Crippen molar-refractivity contribution in [1.82, 2.24) is 24.3 Å². The van der Waals surface area contributed by atoms with Gasteiger partial charge in [0.25, 0.3) is 0 Å². The van der Waals surface area contributed by atoms with Gasteiger partial charge in [-0.2, -0.15) is 0 Å². The minimum absolute atomic E-state index is 0.0572. The second kappa shape index (κ2) is 21.5. The standard InChI is InChI=1S/C51H71N5O11/c1-13-40-51(10)44(56(49(61)67-51)24-18-23-55-28-38(53-29-55)37-21-17-22-52-27-37)33(6)41(57)31(4)26-50(9,62-12)45(34(7)42(58)35(8)46(59)64-40)66-48-43(65-47(60)36-19-15-14-16-20-36)39(25-32(5)63-48)54(11)30(2)3/h14-17,19-22,27-35,39-40,43-45,48H,13,18,23-26H2,1-12H3/t31-,32-,33+,34+,35-,39+,40-,43-,44+,45-,48+,50-,51-/m1/s1. The van der Waals surface area contributed by atoms with E-state index in [4.69, 9.17) is 28.4 Å². The Morgan fingerprint density at radius 3 is 2.33 bits per heavy atom. The van der Waals surface area contributed by atoms with E-state index < -0.39 is 89.3 Å². The lowest BCUT2D eigenvalue weighted by molar-refractivity contribution is -0.296. The molecule has 6 rings (SSSR count). The van der Waals surface area contributed by atoms with Crippen LogP contribution in [0, 0.1) is 23.7 Å². The van der Waals surface area contributed by atoms with Crippen molar-refractivity contribution in [1.29, 1.82) is 0 Å². The fourth-order valence-electron chi connectivity index (χ4n) is 10.4. The van der Waals surface area contributed by atoms with Crippen LogP contribution in [-0.4, -0.2) is 135 Å². The van der Waals surface area contributed by atoms with Crippen molar-refractivity contribution in [3.8, 4) is 11.3 Å². The third-order valence-electron chi connectivity index (χ3n) is 14.5. The number of aromatic nitrogens is 3. The number of fused-ring (bicyclic) bond motifs is 1. The summed E-state index contributed by atoms with van der Waals surface area (Å²) in [5.74, 6) is -5.86. The van der Waals surface area contributed by atoms with Crippen LogP contribution in [0.1, 0.15) is 105 Å². The van der Waals surface area contributed by atoms with Crippen molar-refractivity contribution in [2.45, 2.75) is 161 Å². The number of amides is 1. The molecular weight excluding hydrogens is 859 g/mol. The van der Waals surface area contributed by atoms with Crippen LogP contribution in [0.3, 0.4) is 0 Å². The number of ether oxygens (including phenoxy) is 6. The van der Waals surface area contributed by atoms with Gasteiger partial charge in [0.15, 0.2) is 23.8 Å². The maximum absolute atomic E-state index is 15.0. The Hall–Kier alpha value is -5.03. The van der Waals surface area contributed by atoms with Gasteiger partial charge in [-0.25, -0.2) is 14.6 Å². The molecule has 3 aliphatic heterocycles. The predicted octanol–water partition coefficient (Wildman–Crippen LogP) is 7.18. The first-order chi connectivity index (χ1) is 31.7. The first-order valence-electron chi connectivity index (χ1n) is 23.8. The molecule has 0 unspecified atom stereocenters. The number of pyridine rings is 1. The van der Waals surface area contributed by atoms with Crippen molar-refractivity contribution in [2.24, 2.45) is 23.7 Å². The van der Waals surface area contributed by atoms with Gasteiger partial charge < -0.3 is 37.9 Å². The molecule has 5 heterocycles. The summed E-state index contributed by atoms with van der Waals surface area (Å²) in [6, 6.07) is 11.3. The number of likely N-dealkylation sites (N-methyl/N-ethyl adjacent to an activating group) is 1. The third kappa shape index (κ3) is 11.0. The van der Waals surface area contributed by atoms with Crippen LogP contribution < -0.4 is 0 Å². The summed E-state index contributed by atoms with van der Waals surface area (Å²) in [5.41, 5.74) is -0.810. The Bertz CT molecular complexity index is 2190.